The molecule has 0 unspecified atom stereocenters. The molecule has 0 heterocycles. The van der Waals surface area contributed by atoms with Gasteiger partial charge in [0.2, 0.25) is 0 Å². The third-order valence-corrected chi connectivity index (χ3v) is 3.18. The second-order valence-electron chi connectivity index (χ2n) is 4.87. The number of halogens is 1. The lowest BCUT2D eigenvalue weighted by Gasteiger charge is -2.28. The summed E-state index contributed by atoms with van der Waals surface area (Å²) in [5.74, 6) is -0.111. The molecule has 0 bridgehead atoms. The zero-order chi connectivity index (χ0) is 13.9. The summed E-state index contributed by atoms with van der Waals surface area (Å²) >= 11 is 3.30. The molecule has 18 heavy (non-hydrogen) atoms. The summed E-state index contributed by atoms with van der Waals surface area (Å²) in [5, 5.41) is 9.79. The van der Waals surface area contributed by atoms with Crippen LogP contribution in [0.15, 0.2) is 22.7 Å². The first kappa shape index (κ1) is 15.0. The summed E-state index contributed by atoms with van der Waals surface area (Å²) in [6, 6.07) is 5.08. The summed E-state index contributed by atoms with van der Waals surface area (Å²) in [4.78, 5) is 13.9. The van der Waals surface area contributed by atoms with Crippen molar-refractivity contribution in [3.8, 4) is 0 Å². The first-order valence-corrected chi connectivity index (χ1v) is 6.60. The van der Waals surface area contributed by atoms with Crippen molar-refractivity contribution < 1.29 is 9.90 Å². The van der Waals surface area contributed by atoms with Crippen LogP contribution < -0.4 is 5.73 Å². The molecule has 0 saturated carbocycles. The minimum atomic E-state index is -0.906. The SMILES string of the molecule is CCN(CC(C)(C)O)C(=O)c1ccc(N)c(Br)c1. The maximum absolute atomic E-state index is 12.3. The highest BCUT2D eigenvalue weighted by Crippen LogP contribution is 2.21. The standard InChI is InChI=1S/C13H19BrN2O2/c1-4-16(8-13(2,3)18)12(17)9-5-6-11(15)10(14)7-9/h5-7,18H,4,8,15H2,1-3H3. The minimum Gasteiger partial charge on any atom is -0.398 e. The molecule has 100 valence electrons. The zero-order valence-electron chi connectivity index (χ0n) is 10.9. The summed E-state index contributed by atoms with van der Waals surface area (Å²) in [6.07, 6.45) is 0. The van der Waals surface area contributed by atoms with Crippen molar-refractivity contribution in [1.29, 1.82) is 0 Å². The van der Waals surface area contributed by atoms with Crippen LogP contribution in [-0.4, -0.2) is 34.6 Å². The van der Waals surface area contributed by atoms with Crippen molar-refractivity contribution in [2.24, 2.45) is 0 Å². The van der Waals surface area contributed by atoms with E-state index in [2.05, 4.69) is 15.9 Å². The van der Waals surface area contributed by atoms with E-state index >= 15 is 0 Å². The fraction of sp³-hybridized carbons (Fsp3) is 0.462. The third kappa shape index (κ3) is 3.99. The first-order valence-electron chi connectivity index (χ1n) is 5.81. The number of rotatable bonds is 4. The van der Waals surface area contributed by atoms with Crippen molar-refractivity contribution >= 4 is 27.5 Å². The van der Waals surface area contributed by atoms with Gasteiger partial charge in [-0.05, 0) is 54.9 Å². The Morgan fingerprint density at radius 3 is 2.56 bits per heavy atom. The molecular formula is C13H19BrN2O2. The maximum atomic E-state index is 12.3. The number of hydrogen-bond donors (Lipinski definition) is 2. The molecule has 0 radical (unpaired) electrons. The molecule has 0 fully saturated rings. The van der Waals surface area contributed by atoms with Crippen molar-refractivity contribution in [2.75, 3.05) is 18.8 Å². The van der Waals surface area contributed by atoms with Gasteiger partial charge in [0.15, 0.2) is 0 Å². The van der Waals surface area contributed by atoms with Crippen LogP contribution >= 0.6 is 15.9 Å². The molecule has 0 aliphatic heterocycles. The van der Waals surface area contributed by atoms with Crippen LogP contribution in [0.25, 0.3) is 0 Å². The Morgan fingerprint density at radius 2 is 2.11 bits per heavy atom. The fourth-order valence-electron chi connectivity index (χ4n) is 1.64. The van der Waals surface area contributed by atoms with Crippen molar-refractivity contribution in [1.82, 2.24) is 4.90 Å². The van der Waals surface area contributed by atoms with Crippen molar-refractivity contribution in [3.63, 3.8) is 0 Å². The van der Waals surface area contributed by atoms with Gasteiger partial charge in [0.25, 0.3) is 5.91 Å². The van der Waals surface area contributed by atoms with Gasteiger partial charge in [0.05, 0.1) is 5.60 Å². The average Bonchev–Trinajstić information content (AvgIpc) is 2.27. The fourth-order valence-corrected chi connectivity index (χ4v) is 2.02. The minimum absolute atomic E-state index is 0.111. The Labute approximate surface area is 116 Å². The Bertz CT molecular complexity index is 441. The number of nitrogen functional groups attached to an aromatic ring is 1. The smallest absolute Gasteiger partial charge is 0.253 e. The number of hydrogen-bond acceptors (Lipinski definition) is 3. The second-order valence-corrected chi connectivity index (χ2v) is 5.72. The molecule has 1 amide bonds. The van der Waals surface area contributed by atoms with Gasteiger partial charge in [-0.3, -0.25) is 4.79 Å². The number of nitrogens with zero attached hydrogens (tertiary/aromatic N) is 1. The van der Waals surface area contributed by atoms with Gasteiger partial charge in [0.1, 0.15) is 0 Å². The molecule has 5 heteroatoms. The van der Waals surface area contributed by atoms with E-state index in [0.29, 0.717) is 28.8 Å². The second kappa shape index (κ2) is 5.71. The van der Waals surface area contributed by atoms with Crippen LogP contribution in [0.4, 0.5) is 5.69 Å². The molecule has 0 atom stereocenters. The van der Waals surface area contributed by atoms with E-state index in [1.807, 2.05) is 6.92 Å². The number of amides is 1. The summed E-state index contributed by atoms with van der Waals surface area (Å²) < 4.78 is 0.702. The lowest BCUT2D eigenvalue weighted by atomic mass is 10.1. The summed E-state index contributed by atoms with van der Waals surface area (Å²) in [6.45, 7) is 6.09. The van der Waals surface area contributed by atoms with Gasteiger partial charge in [0, 0.05) is 28.8 Å². The average molecular weight is 315 g/mol. The lowest BCUT2D eigenvalue weighted by Crippen LogP contribution is -2.42. The maximum Gasteiger partial charge on any atom is 0.253 e. The molecule has 0 aliphatic carbocycles. The molecule has 4 nitrogen and oxygen atoms in total. The highest BCUT2D eigenvalue weighted by Gasteiger charge is 2.22. The highest BCUT2D eigenvalue weighted by atomic mass is 79.9. The van der Waals surface area contributed by atoms with Crippen LogP contribution in [0.5, 0.6) is 0 Å². The van der Waals surface area contributed by atoms with E-state index < -0.39 is 5.60 Å². The van der Waals surface area contributed by atoms with E-state index in [0.717, 1.165) is 0 Å². The number of benzene rings is 1. The number of nitrogens with two attached hydrogens (primary N) is 1. The van der Waals surface area contributed by atoms with Crippen molar-refractivity contribution in [3.05, 3.63) is 28.2 Å². The molecule has 1 aromatic carbocycles. The van der Waals surface area contributed by atoms with Crippen molar-refractivity contribution in [2.45, 2.75) is 26.4 Å². The monoisotopic (exact) mass is 314 g/mol. The number of carbonyl (C=O) groups is 1. The van der Waals surface area contributed by atoms with Crippen LogP contribution in [0.2, 0.25) is 0 Å². The Balaban J connectivity index is 2.93. The molecule has 1 aromatic rings. The Hall–Kier alpha value is -1.07. The lowest BCUT2D eigenvalue weighted by molar-refractivity contribution is 0.0314. The molecule has 0 saturated heterocycles. The largest absolute Gasteiger partial charge is 0.398 e. The van der Waals surface area contributed by atoms with Gasteiger partial charge in [-0.1, -0.05) is 0 Å². The summed E-state index contributed by atoms with van der Waals surface area (Å²) in [7, 11) is 0. The van der Waals surface area contributed by atoms with E-state index in [4.69, 9.17) is 5.73 Å². The van der Waals surface area contributed by atoms with E-state index in [1.54, 1.807) is 36.9 Å². The molecule has 0 aromatic heterocycles. The number of carbonyl (C=O) groups excluding carboxylic acids is 1. The molecular weight excluding hydrogens is 296 g/mol. The number of anilines is 1. The predicted molar refractivity (Wildman–Crippen MR) is 76.4 cm³/mol. The topological polar surface area (TPSA) is 66.6 Å². The third-order valence-electron chi connectivity index (χ3n) is 2.49. The molecule has 0 spiro atoms. The normalized spacial score (nSPS) is 11.4. The molecule has 3 N–H and O–H groups in total. The van der Waals surface area contributed by atoms with Gasteiger partial charge in [-0.2, -0.15) is 0 Å². The zero-order valence-corrected chi connectivity index (χ0v) is 12.5. The first-order chi connectivity index (χ1) is 8.24. The van der Waals surface area contributed by atoms with Gasteiger partial charge in [-0.25, -0.2) is 0 Å². The quantitative estimate of drug-likeness (QED) is 0.838. The number of aliphatic hydroxyl groups is 1. The van der Waals surface area contributed by atoms with Crippen LogP contribution in [0.3, 0.4) is 0 Å². The Kier molecular flexibility index (Phi) is 4.76. The summed E-state index contributed by atoms with van der Waals surface area (Å²) in [5.41, 5.74) is 5.93. The predicted octanol–water partition coefficient (Wildman–Crippen LogP) is 2.26. The Morgan fingerprint density at radius 1 is 1.50 bits per heavy atom. The highest BCUT2D eigenvalue weighted by molar-refractivity contribution is 9.10. The van der Waals surface area contributed by atoms with Gasteiger partial charge in [-0.15, -0.1) is 0 Å². The van der Waals surface area contributed by atoms with Crippen LogP contribution in [0, 0.1) is 0 Å². The van der Waals surface area contributed by atoms with Gasteiger partial charge < -0.3 is 15.7 Å². The van der Waals surface area contributed by atoms with Gasteiger partial charge >= 0.3 is 0 Å². The van der Waals surface area contributed by atoms with E-state index in [1.165, 1.54) is 0 Å². The van der Waals surface area contributed by atoms with E-state index in [9.17, 15) is 9.90 Å². The molecule has 1 rings (SSSR count). The van der Waals surface area contributed by atoms with Crippen LogP contribution in [0.1, 0.15) is 31.1 Å². The molecule has 0 aliphatic rings. The number of likely N-dealkylation sites (N-methyl/N-ethyl adjacent to an activating group) is 1. The van der Waals surface area contributed by atoms with E-state index in [-0.39, 0.29) is 5.91 Å². The van der Waals surface area contributed by atoms with Crippen LogP contribution in [-0.2, 0) is 0 Å².